The summed E-state index contributed by atoms with van der Waals surface area (Å²) >= 11 is 0. The lowest BCUT2D eigenvalue weighted by molar-refractivity contribution is -0.133. The highest BCUT2D eigenvalue weighted by molar-refractivity contribution is 7.88. The molecule has 2 fully saturated rings. The molecule has 2 aliphatic rings. The SMILES string of the molecule is CS(=O)(=O)N[C@H]1CCCN(C(=O)[C@H]2C[C@@H]2c2ccc(F)cc2-c2c(F)cccc2F)C1. The smallest absolute Gasteiger partial charge is 0.226 e. The largest absolute Gasteiger partial charge is 0.341 e. The highest BCUT2D eigenvalue weighted by Gasteiger charge is 2.47. The van der Waals surface area contributed by atoms with Gasteiger partial charge in [-0.25, -0.2) is 26.3 Å². The number of nitrogens with zero attached hydrogens (tertiary/aromatic N) is 1. The molecule has 1 N–H and O–H groups in total. The first-order valence-electron chi connectivity index (χ1n) is 10.1. The number of benzene rings is 2. The van der Waals surface area contributed by atoms with Crippen LogP contribution in [0.5, 0.6) is 0 Å². The lowest BCUT2D eigenvalue weighted by Crippen LogP contribution is -2.49. The van der Waals surface area contributed by atoms with Crippen molar-refractivity contribution in [1.29, 1.82) is 0 Å². The number of rotatable bonds is 5. The van der Waals surface area contributed by atoms with Crippen LogP contribution in [0.1, 0.15) is 30.7 Å². The predicted octanol–water partition coefficient (Wildman–Crippen LogP) is 3.41. The van der Waals surface area contributed by atoms with Crippen molar-refractivity contribution >= 4 is 15.9 Å². The van der Waals surface area contributed by atoms with Crippen LogP contribution >= 0.6 is 0 Å². The lowest BCUT2D eigenvalue weighted by atomic mass is 9.94. The average Bonchev–Trinajstić information content (AvgIpc) is 3.47. The van der Waals surface area contributed by atoms with Crippen LogP contribution in [-0.2, 0) is 14.8 Å². The number of carbonyl (C=O) groups excluding carboxylic acids is 1. The average molecular weight is 452 g/mol. The van der Waals surface area contributed by atoms with Crippen molar-refractivity contribution in [1.82, 2.24) is 9.62 Å². The molecule has 1 saturated heterocycles. The van der Waals surface area contributed by atoms with Gasteiger partial charge in [-0.3, -0.25) is 4.79 Å². The molecular formula is C22H23F3N2O3S. The zero-order chi connectivity index (χ0) is 22.3. The summed E-state index contributed by atoms with van der Waals surface area (Å²) in [5.41, 5.74) is 0.350. The summed E-state index contributed by atoms with van der Waals surface area (Å²) < 4.78 is 68.2. The Morgan fingerprint density at radius 2 is 1.84 bits per heavy atom. The molecule has 9 heteroatoms. The Bertz CT molecular complexity index is 1100. The Hall–Kier alpha value is -2.39. The fourth-order valence-electron chi connectivity index (χ4n) is 4.45. The number of carbonyl (C=O) groups is 1. The highest BCUT2D eigenvalue weighted by Crippen LogP contribution is 2.52. The molecule has 2 aromatic rings. The van der Waals surface area contributed by atoms with Crippen molar-refractivity contribution < 1.29 is 26.4 Å². The van der Waals surface area contributed by atoms with Gasteiger partial charge in [0.15, 0.2) is 0 Å². The van der Waals surface area contributed by atoms with Gasteiger partial charge in [0.2, 0.25) is 15.9 Å². The van der Waals surface area contributed by atoms with Crippen LogP contribution in [0.25, 0.3) is 11.1 Å². The van der Waals surface area contributed by atoms with Gasteiger partial charge >= 0.3 is 0 Å². The molecule has 1 saturated carbocycles. The van der Waals surface area contributed by atoms with E-state index in [0.29, 0.717) is 31.4 Å². The van der Waals surface area contributed by atoms with Crippen LogP contribution in [-0.4, -0.2) is 44.6 Å². The maximum atomic E-state index is 14.4. The molecule has 0 unspecified atom stereocenters. The van der Waals surface area contributed by atoms with Crippen LogP contribution in [0.15, 0.2) is 36.4 Å². The molecule has 0 bridgehead atoms. The van der Waals surface area contributed by atoms with Crippen LogP contribution in [0.2, 0.25) is 0 Å². The fraction of sp³-hybridized carbons (Fsp3) is 0.409. The van der Waals surface area contributed by atoms with Crippen molar-refractivity contribution in [2.75, 3.05) is 19.3 Å². The van der Waals surface area contributed by atoms with Gasteiger partial charge in [0.25, 0.3) is 0 Å². The Morgan fingerprint density at radius 3 is 2.52 bits per heavy atom. The molecule has 1 heterocycles. The Morgan fingerprint density at radius 1 is 1.13 bits per heavy atom. The number of nitrogens with one attached hydrogen (secondary N) is 1. The van der Waals surface area contributed by atoms with Gasteiger partial charge in [-0.2, -0.15) is 0 Å². The molecule has 166 valence electrons. The van der Waals surface area contributed by atoms with E-state index in [2.05, 4.69) is 4.72 Å². The van der Waals surface area contributed by atoms with Crippen molar-refractivity contribution in [3.05, 3.63) is 59.4 Å². The zero-order valence-electron chi connectivity index (χ0n) is 16.9. The maximum Gasteiger partial charge on any atom is 0.226 e. The molecule has 3 atom stereocenters. The second kappa shape index (κ2) is 8.27. The van der Waals surface area contributed by atoms with E-state index >= 15 is 0 Å². The van der Waals surface area contributed by atoms with Gasteiger partial charge in [-0.15, -0.1) is 0 Å². The zero-order valence-corrected chi connectivity index (χ0v) is 17.8. The van der Waals surface area contributed by atoms with E-state index in [4.69, 9.17) is 0 Å². The van der Waals surface area contributed by atoms with E-state index in [9.17, 15) is 26.4 Å². The summed E-state index contributed by atoms with van der Waals surface area (Å²) in [5.74, 6) is -2.96. The molecule has 1 aliphatic carbocycles. The van der Waals surface area contributed by atoms with E-state index in [1.807, 2.05) is 0 Å². The first kappa shape index (κ1) is 21.8. The summed E-state index contributed by atoms with van der Waals surface area (Å²) in [5, 5.41) is 0. The molecule has 31 heavy (non-hydrogen) atoms. The normalized spacial score (nSPS) is 23.6. The maximum absolute atomic E-state index is 14.4. The number of halogens is 3. The Kier molecular flexibility index (Phi) is 5.83. The third-order valence-electron chi connectivity index (χ3n) is 5.87. The predicted molar refractivity (Wildman–Crippen MR) is 110 cm³/mol. The van der Waals surface area contributed by atoms with Gasteiger partial charge < -0.3 is 4.90 Å². The molecule has 5 nitrogen and oxygen atoms in total. The monoisotopic (exact) mass is 452 g/mol. The minimum Gasteiger partial charge on any atom is -0.341 e. The van der Waals surface area contributed by atoms with Gasteiger partial charge in [-0.1, -0.05) is 12.1 Å². The third-order valence-corrected chi connectivity index (χ3v) is 6.63. The molecule has 4 rings (SSSR count). The number of hydrogen-bond donors (Lipinski definition) is 1. The van der Waals surface area contributed by atoms with Crippen LogP contribution in [0.4, 0.5) is 13.2 Å². The first-order valence-corrected chi connectivity index (χ1v) is 12.0. The fourth-order valence-corrected chi connectivity index (χ4v) is 5.24. The quantitative estimate of drug-likeness (QED) is 0.756. The Labute approximate surface area is 179 Å². The van der Waals surface area contributed by atoms with Crippen molar-refractivity contribution in [3.8, 4) is 11.1 Å². The molecule has 2 aromatic carbocycles. The minimum atomic E-state index is -3.37. The second-order valence-electron chi connectivity index (χ2n) is 8.29. The van der Waals surface area contributed by atoms with E-state index in [1.165, 1.54) is 18.2 Å². The van der Waals surface area contributed by atoms with E-state index < -0.39 is 27.5 Å². The summed E-state index contributed by atoms with van der Waals surface area (Å²) in [7, 11) is -3.37. The molecular weight excluding hydrogens is 429 g/mol. The standard InChI is InChI=1S/C22H23F3N2O3S/c1-31(29,30)26-14-4-3-9-27(12-14)22(28)18-11-16(18)15-8-7-13(23)10-17(15)21-19(24)5-2-6-20(21)25/h2,5-8,10,14,16,18,26H,3-4,9,11-12H2,1H3/t14-,16+,18-/m0/s1. The van der Waals surface area contributed by atoms with Gasteiger partial charge in [0.05, 0.1) is 11.8 Å². The van der Waals surface area contributed by atoms with Crippen LogP contribution < -0.4 is 4.72 Å². The third kappa shape index (κ3) is 4.77. The van der Waals surface area contributed by atoms with Gasteiger partial charge in [0, 0.05) is 25.0 Å². The van der Waals surface area contributed by atoms with Gasteiger partial charge in [0.1, 0.15) is 17.5 Å². The van der Waals surface area contributed by atoms with E-state index in [0.717, 1.165) is 24.5 Å². The summed E-state index contributed by atoms with van der Waals surface area (Å²) in [4.78, 5) is 14.7. The molecule has 1 aliphatic heterocycles. The number of likely N-dealkylation sites (tertiary alicyclic amines) is 1. The molecule has 0 aromatic heterocycles. The van der Waals surface area contributed by atoms with E-state index in [1.54, 1.807) is 4.90 Å². The number of hydrogen-bond acceptors (Lipinski definition) is 3. The second-order valence-corrected chi connectivity index (χ2v) is 10.1. The summed E-state index contributed by atoms with van der Waals surface area (Å²) in [6, 6.07) is 6.95. The van der Waals surface area contributed by atoms with Crippen molar-refractivity contribution in [3.63, 3.8) is 0 Å². The summed E-state index contributed by atoms with van der Waals surface area (Å²) in [6.45, 7) is 0.815. The van der Waals surface area contributed by atoms with E-state index in [-0.39, 0.29) is 41.5 Å². The Balaban J connectivity index is 1.55. The topological polar surface area (TPSA) is 66.5 Å². The molecule has 1 amide bonds. The minimum absolute atomic E-state index is 0.116. The van der Waals surface area contributed by atoms with Crippen molar-refractivity contribution in [2.45, 2.75) is 31.2 Å². The van der Waals surface area contributed by atoms with Crippen molar-refractivity contribution in [2.24, 2.45) is 5.92 Å². The highest BCUT2D eigenvalue weighted by atomic mass is 32.2. The number of sulfonamides is 1. The number of amides is 1. The molecule has 0 spiro atoms. The van der Waals surface area contributed by atoms with Gasteiger partial charge in [-0.05, 0) is 60.6 Å². The van der Waals surface area contributed by atoms with Crippen LogP contribution in [0.3, 0.4) is 0 Å². The van der Waals surface area contributed by atoms with Crippen LogP contribution in [0, 0.1) is 23.4 Å². The first-order chi connectivity index (χ1) is 14.6. The summed E-state index contributed by atoms with van der Waals surface area (Å²) in [6.07, 6.45) is 2.91. The molecule has 0 radical (unpaired) electrons. The lowest BCUT2D eigenvalue weighted by Gasteiger charge is -2.33. The number of piperidine rings is 1.